The first-order valence-electron chi connectivity index (χ1n) is 9.95. The van der Waals surface area contributed by atoms with E-state index in [4.69, 9.17) is 4.74 Å². The molecule has 0 amide bonds. The van der Waals surface area contributed by atoms with Crippen molar-refractivity contribution in [3.05, 3.63) is 85.0 Å². The monoisotopic (exact) mass is 442 g/mol. The lowest BCUT2D eigenvalue weighted by Crippen LogP contribution is -2.18. The van der Waals surface area contributed by atoms with Crippen LogP contribution in [0.3, 0.4) is 0 Å². The fourth-order valence-corrected chi connectivity index (χ4v) is 2.55. The molecule has 0 aliphatic heterocycles. The Kier molecular flexibility index (Phi) is 11.3. The van der Waals surface area contributed by atoms with Crippen LogP contribution < -0.4 is 0 Å². The second-order valence-corrected chi connectivity index (χ2v) is 7.07. The maximum absolute atomic E-state index is 10.6. The van der Waals surface area contributed by atoms with E-state index in [9.17, 15) is 19.8 Å². The number of phenolic OH excluding ortho intramolecular Hbond substituents is 2. The van der Waals surface area contributed by atoms with Gasteiger partial charge in [0.15, 0.2) is 0 Å². The molecule has 0 aromatic heterocycles. The topological polar surface area (TPSA) is 102 Å². The Balaban J connectivity index is 0.000000324. The maximum Gasteiger partial charge on any atom is 0.330 e. The third kappa shape index (κ3) is 9.49. The van der Waals surface area contributed by atoms with Gasteiger partial charge in [0, 0.05) is 17.6 Å². The molecule has 0 saturated carbocycles. The molecule has 0 aliphatic carbocycles. The number of carbonyl (C=O) groups excluding carboxylic acids is 2. The molecule has 0 saturated heterocycles. The van der Waals surface area contributed by atoms with Gasteiger partial charge >= 0.3 is 11.9 Å². The van der Waals surface area contributed by atoms with Crippen molar-refractivity contribution in [3.8, 4) is 11.5 Å². The predicted molar refractivity (Wildman–Crippen MR) is 121 cm³/mol. The van der Waals surface area contributed by atoms with Crippen LogP contribution in [0.15, 0.2) is 73.8 Å². The van der Waals surface area contributed by atoms with E-state index in [1.165, 1.54) is 0 Å². The molecule has 0 aliphatic rings. The van der Waals surface area contributed by atoms with Crippen LogP contribution >= 0.6 is 0 Å². The number of rotatable bonds is 10. The molecule has 32 heavy (non-hydrogen) atoms. The minimum absolute atomic E-state index is 0.151. The lowest BCUT2D eigenvalue weighted by molar-refractivity contribution is -0.140. The van der Waals surface area contributed by atoms with Gasteiger partial charge in [0.1, 0.15) is 24.7 Å². The number of hydrogen-bond acceptors (Lipinski definition) is 7. The summed E-state index contributed by atoms with van der Waals surface area (Å²) >= 11 is 0. The minimum atomic E-state index is -0.489. The fourth-order valence-electron chi connectivity index (χ4n) is 2.55. The molecule has 2 rings (SSSR count). The summed E-state index contributed by atoms with van der Waals surface area (Å²) in [5.41, 5.74) is 2.10. The van der Waals surface area contributed by atoms with Crippen molar-refractivity contribution in [1.82, 2.24) is 0 Å². The highest BCUT2D eigenvalue weighted by molar-refractivity contribution is 5.81. The highest BCUT2D eigenvalue weighted by Crippen LogP contribution is 2.32. The van der Waals surface area contributed by atoms with E-state index in [2.05, 4.69) is 36.5 Å². The summed E-state index contributed by atoms with van der Waals surface area (Å²) in [4.78, 5) is 21.1. The van der Waals surface area contributed by atoms with Gasteiger partial charge in [0.05, 0.1) is 13.2 Å². The van der Waals surface area contributed by atoms with Crippen molar-refractivity contribution in [1.29, 1.82) is 0 Å². The van der Waals surface area contributed by atoms with E-state index >= 15 is 0 Å². The number of hydrogen-bond donors (Lipinski definition) is 2. The van der Waals surface area contributed by atoms with E-state index < -0.39 is 11.9 Å². The smallest absolute Gasteiger partial charge is 0.330 e. The lowest BCUT2D eigenvalue weighted by atomic mass is 9.78. The molecular formula is C25H30O7. The summed E-state index contributed by atoms with van der Waals surface area (Å²) in [5.74, 6) is -0.432. The highest BCUT2D eigenvalue weighted by Gasteiger charge is 2.22. The Labute approximate surface area is 188 Å². The molecule has 7 heteroatoms. The molecule has 0 unspecified atom stereocenters. The Morgan fingerprint density at radius 1 is 0.750 bits per heavy atom. The van der Waals surface area contributed by atoms with E-state index in [0.29, 0.717) is 0 Å². The van der Waals surface area contributed by atoms with Crippen molar-refractivity contribution in [2.24, 2.45) is 0 Å². The molecule has 0 radical (unpaired) electrons. The van der Waals surface area contributed by atoms with Crippen molar-refractivity contribution >= 4 is 11.9 Å². The van der Waals surface area contributed by atoms with E-state index in [-0.39, 0.29) is 43.3 Å². The van der Waals surface area contributed by atoms with E-state index in [1.54, 1.807) is 24.3 Å². The predicted octanol–water partition coefficient (Wildman–Crippen LogP) is 3.89. The summed E-state index contributed by atoms with van der Waals surface area (Å²) in [6.07, 6.45) is 2.15. The minimum Gasteiger partial charge on any atom is -0.508 e. The zero-order chi connectivity index (χ0) is 24.0. The first kappa shape index (κ1) is 26.5. The molecule has 172 valence electrons. The van der Waals surface area contributed by atoms with Gasteiger partial charge < -0.3 is 24.4 Å². The Morgan fingerprint density at radius 2 is 1.09 bits per heavy atom. The molecule has 2 aromatic carbocycles. The fraction of sp³-hybridized carbons (Fsp3) is 0.280. The van der Waals surface area contributed by atoms with Crippen LogP contribution in [0.1, 0.15) is 25.0 Å². The lowest BCUT2D eigenvalue weighted by Gasteiger charge is -2.26. The number of ether oxygens (including phenoxy) is 3. The zero-order valence-electron chi connectivity index (χ0n) is 18.5. The summed E-state index contributed by atoms with van der Waals surface area (Å²) in [7, 11) is 0. The number of esters is 2. The molecule has 2 aromatic rings. The van der Waals surface area contributed by atoms with Gasteiger partial charge in [-0.2, -0.15) is 0 Å². The van der Waals surface area contributed by atoms with Gasteiger partial charge in [-0.05, 0) is 35.4 Å². The SMILES string of the molecule is C=CC(=O)OCCOCCOC(=O)C=C.CC(C)(c1ccc(O)cc1)c1ccc(O)cc1. The van der Waals surface area contributed by atoms with Crippen LogP contribution in [-0.2, 0) is 29.2 Å². The van der Waals surface area contributed by atoms with Crippen LogP contribution in [0.4, 0.5) is 0 Å². The summed E-state index contributed by atoms with van der Waals surface area (Å²) in [5, 5.41) is 18.6. The zero-order valence-corrected chi connectivity index (χ0v) is 18.5. The van der Waals surface area contributed by atoms with Crippen LogP contribution in [0, 0.1) is 0 Å². The summed E-state index contributed by atoms with van der Waals surface area (Å²) < 4.78 is 14.3. The summed E-state index contributed by atoms with van der Waals surface area (Å²) in [6.45, 7) is 11.5. The second kappa shape index (κ2) is 13.7. The summed E-state index contributed by atoms with van der Waals surface area (Å²) in [6, 6.07) is 14.4. The Bertz CT molecular complexity index is 797. The maximum atomic E-state index is 10.6. The van der Waals surface area contributed by atoms with Crippen molar-refractivity contribution in [2.45, 2.75) is 19.3 Å². The van der Waals surface area contributed by atoms with Crippen molar-refractivity contribution in [2.75, 3.05) is 26.4 Å². The van der Waals surface area contributed by atoms with Crippen molar-refractivity contribution in [3.63, 3.8) is 0 Å². The van der Waals surface area contributed by atoms with Crippen LogP contribution in [-0.4, -0.2) is 48.6 Å². The molecule has 0 atom stereocenters. The van der Waals surface area contributed by atoms with E-state index in [1.807, 2.05) is 24.3 Å². The molecule has 0 spiro atoms. The average molecular weight is 443 g/mol. The molecule has 0 heterocycles. The third-order valence-electron chi connectivity index (χ3n) is 4.46. The quantitative estimate of drug-likeness (QED) is 0.327. The second-order valence-electron chi connectivity index (χ2n) is 7.07. The van der Waals surface area contributed by atoms with Gasteiger partial charge in [-0.1, -0.05) is 51.3 Å². The number of aromatic hydroxyl groups is 2. The van der Waals surface area contributed by atoms with Gasteiger partial charge in [0.25, 0.3) is 0 Å². The molecule has 0 fully saturated rings. The number of carbonyl (C=O) groups is 2. The van der Waals surface area contributed by atoms with Gasteiger partial charge in [-0.3, -0.25) is 0 Å². The van der Waals surface area contributed by atoms with Gasteiger partial charge in [-0.25, -0.2) is 9.59 Å². The van der Waals surface area contributed by atoms with E-state index in [0.717, 1.165) is 23.3 Å². The van der Waals surface area contributed by atoms with Gasteiger partial charge in [0.2, 0.25) is 0 Å². The molecule has 7 nitrogen and oxygen atoms in total. The molecule has 0 bridgehead atoms. The normalized spacial score (nSPS) is 10.3. The van der Waals surface area contributed by atoms with Crippen molar-refractivity contribution < 1.29 is 34.0 Å². The third-order valence-corrected chi connectivity index (χ3v) is 4.46. The first-order chi connectivity index (χ1) is 15.2. The first-order valence-corrected chi connectivity index (χ1v) is 9.95. The molecule has 2 N–H and O–H groups in total. The highest BCUT2D eigenvalue weighted by atomic mass is 16.6. The van der Waals surface area contributed by atoms with Crippen LogP contribution in [0.25, 0.3) is 0 Å². The number of benzene rings is 2. The number of phenols is 2. The average Bonchev–Trinajstić information content (AvgIpc) is 2.79. The Hall–Kier alpha value is -3.58. The standard InChI is InChI=1S/C15H16O2.C10H14O5/c1-15(2,11-3-7-13(16)8-4-11)12-5-9-14(17)10-6-12;1-3-9(11)14-7-5-13-6-8-15-10(12)4-2/h3-10,16-17H,1-2H3;3-4H,1-2,5-8H2. The largest absolute Gasteiger partial charge is 0.508 e. The van der Waals surface area contributed by atoms with Crippen LogP contribution in [0.5, 0.6) is 11.5 Å². The Morgan fingerprint density at radius 3 is 1.41 bits per heavy atom. The van der Waals surface area contributed by atoms with Gasteiger partial charge in [-0.15, -0.1) is 0 Å². The molecular weight excluding hydrogens is 412 g/mol. The van der Waals surface area contributed by atoms with Crippen LogP contribution in [0.2, 0.25) is 0 Å².